The summed E-state index contributed by atoms with van der Waals surface area (Å²) < 4.78 is 5.65. The van der Waals surface area contributed by atoms with E-state index in [1.165, 1.54) is 26.8 Å². The van der Waals surface area contributed by atoms with Crippen molar-refractivity contribution in [2.24, 2.45) is 0 Å². The predicted molar refractivity (Wildman–Crippen MR) is 121 cm³/mol. The molecular weight excluding hydrogens is 396 g/mol. The molecule has 0 radical (unpaired) electrons. The van der Waals surface area contributed by atoms with Crippen molar-refractivity contribution in [3.8, 4) is 5.75 Å². The maximum absolute atomic E-state index is 10.9. The van der Waals surface area contributed by atoms with Gasteiger partial charge >= 0.3 is 6.09 Å². The number of methoxy groups -OCH3 is 1. The molecule has 2 N–H and O–H groups in total. The molecule has 0 saturated carbocycles. The van der Waals surface area contributed by atoms with Crippen molar-refractivity contribution >= 4 is 28.6 Å². The van der Waals surface area contributed by atoms with Gasteiger partial charge in [0.1, 0.15) is 5.75 Å². The highest BCUT2D eigenvalue weighted by Gasteiger charge is 2.24. The summed E-state index contributed by atoms with van der Waals surface area (Å²) in [5.41, 5.74) is 2.49. The molecule has 6 heteroatoms. The molecule has 1 atom stereocenters. The van der Waals surface area contributed by atoms with Gasteiger partial charge in [0.2, 0.25) is 0 Å². The molecule has 1 amide bonds. The summed E-state index contributed by atoms with van der Waals surface area (Å²) in [4.78, 5) is 14.5. The standard InChI is InChI=1S/C24H26N2O3S/c1-29-22-11-10-17-6-2-4-8-20(17)21(22)16-30-23-9-5-3-7-18(23)14-26-13-12-19(15-26)25-24(27)28/h2-11,19,25H,12-16H2,1H3,(H,27,28). The molecule has 1 unspecified atom stereocenters. The summed E-state index contributed by atoms with van der Waals surface area (Å²) in [5, 5.41) is 14.0. The van der Waals surface area contributed by atoms with Crippen LogP contribution in [0.5, 0.6) is 5.75 Å². The Morgan fingerprint density at radius 3 is 2.80 bits per heavy atom. The average molecular weight is 423 g/mol. The highest BCUT2D eigenvalue weighted by Crippen LogP contribution is 2.35. The number of nitrogens with zero attached hydrogens (tertiary/aromatic N) is 1. The van der Waals surface area contributed by atoms with Gasteiger partial charge in [-0.15, -0.1) is 11.8 Å². The summed E-state index contributed by atoms with van der Waals surface area (Å²) in [6.45, 7) is 2.48. The van der Waals surface area contributed by atoms with Gasteiger partial charge < -0.3 is 15.2 Å². The third-order valence-corrected chi connectivity index (χ3v) is 6.70. The van der Waals surface area contributed by atoms with Gasteiger partial charge in [-0.05, 0) is 34.9 Å². The largest absolute Gasteiger partial charge is 0.496 e. The fourth-order valence-electron chi connectivity index (χ4n) is 4.09. The van der Waals surface area contributed by atoms with Gasteiger partial charge in [0.15, 0.2) is 0 Å². The van der Waals surface area contributed by atoms with E-state index in [9.17, 15) is 4.79 Å². The van der Waals surface area contributed by atoms with E-state index < -0.39 is 6.09 Å². The van der Waals surface area contributed by atoms with E-state index in [2.05, 4.69) is 64.8 Å². The third kappa shape index (κ3) is 4.71. The van der Waals surface area contributed by atoms with Crippen LogP contribution in [-0.4, -0.2) is 42.3 Å². The van der Waals surface area contributed by atoms with Crippen molar-refractivity contribution in [1.82, 2.24) is 10.2 Å². The predicted octanol–water partition coefficient (Wildman–Crippen LogP) is 4.98. The lowest BCUT2D eigenvalue weighted by Crippen LogP contribution is -2.35. The minimum atomic E-state index is -0.943. The molecule has 4 rings (SSSR count). The van der Waals surface area contributed by atoms with Crippen LogP contribution in [0.1, 0.15) is 17.5 Å². The van der Waals surface area contributed by atoms with Crippen molar-refractivity contribution in [3.63, 3.8) is 0 Å². The maximum Gasteiger partial charge on any atom is 0.404 e. The fraction of sp³-hybridized carbons (Fsp3) is 0.292. The Morgan fingerprint density at radius 1 is 1.17 bits per heavy atom. The number of hydrogen-bond acceptors (Lipinski definition) is 4. The fourth-order valence-corrected chi connectivity index (χ4v) is 5.18. The van der Waals surface area contributed by atoms with Crippen LogP contribution in [0.15, 0.2) is 65.6 Å². The van der Waals surface area contributed by atoms with E-state index in [-0.39, 0.29) is 6.04 Å². The normalized spacial score (nSPS) is 16.6. The first-order chi connectivity index (χ1) is 14.6. The molecule has 3 aromatic rings. The molecule has 0 aromatic heterocycles. The minimum Gasteiger partial charge on any atom is -0.496 e. The summed E-state index contributed by atoms with van der Waals surface area (Å²) >= 11 is 1.82. The van der Waals surface area contributed by atoms with Crippen molar-refractivity contribution in [1.29, 1.82) is 0 Å². The zero-order chi connectivity index (χ0) is 20.9. The molecule has 5 nitrogen and oxygen atoms in total. The monoisotopic (exact) mass is 422 g/mol. The van der Waals surface area contributed by atoms with Crippen LogP contribution >= 0.6 is 11.8 Å². The van der Waals surface area contributed by atoms with Gasteiger partial charge in [0, 0.05) is 41.9 Å². The number of amides is 1. The first-order valence-electron chi connectivity index (χ1n) is 10.1. The maximum atomic E-state index is 10.9. The van der Waals surface area contributed by atoms with Crippen LogP contribution in [0.3, 0.4) is 0 Å². The SMILES string of the molecule is COc1ccc2ccccc2c1CSc1ccccc1CN1CCC(NC(=O)O)C1. The van der Waals surface area contributed by atoms with Crippen molar-refractivity contribution in [2.45, 2.75) is 29.7 Å². The molecular formula is C24H26N2O3S. The average Bonchev–Trinajstić information content (AvgIpc) is 3.18. The number of nitrogens with one attached hydrogen (secondary N) is 1. The molecule has 1 aliphatic rings. The van der Waals surface area contributed by atoms with E-state index in [0.717, 1.165) is 37.6 Å². The molecule has 0 bridgehead atoms. The Bertz CT molecular complexity index is 1040. The van der Waals surface area contributed by atoms with Crippen molar-refractivity contribution in [3.05, 3.63) is 71.8 Å². The van der Waals surface area contributed by atoms with Gasteiger partial charge in [0.05, 0.1) is 7.11 Å². The van der Waals surface area contributed by atoms with Gasteiger partial charge in [0.25, 0.3) is 0 Å². The van der Waals surface area contributed by atoms with Gasteiger partial charge in [-0.2, -0.15) is 0 Å². The molecule has 0 aliphatic carbocycles. The first kappa shape index (κ1) is 20.6. The van der Waals surface area contributed by atoms with Crippen LogP contribution in [0.25, 0.3) is 10.8 Å². The van der Waals surface area contributed by atoms with Gasteiger partial charge in [-0.1, -0.05) is 48.5 Å². The topological polar surface area (TPSA) is 61.8 Å². The van der Waals surface area contributed by atoms with Crippen molar-refractivity contribution < 1.29 is 14.6 Å². The van der Waals surface area contributed by atoms with E-state index in [4.69, 9.17) is 9.84 Å². The zero-order valence-corrected chi connectivity index (χ0v) is 17.8. The lowest BCUT2D eigenvalue weighted by atomic mass is 10.0. The third-order valence-electron chi connectivity index (χ3n) is 5.56. The molecule has 3 aromatic carbocycles. The molecule has 1 heterocycles. The van der Waals surface area contributed by atoms with E-state index in [1.807, 2.05) is 17.8 Å². The van der Waals surface area contributed by atoms with Crippen LogP contribution in [0.2, 0.25) is 0 Å². The molecule has 1 saturated heterocycles. The number of fused-ring (bicyclic) bond motifs is 1. The highest BCUT2D eigenvalue weighted by atomic mass is 32.2. The highest BCUT2D eigenvalue weighted by molar-refractivity contribution is 7.98. The molecule has 30 heavy (non-hydrogen) atoms. The number of carboxylic acid groups (broad SMARTS) is 1. The number of benzene rings is 3. The molecule has 156 valence electrons. The quantitative estimate of drug-likeness (QED) is 0.526. The Kier molecular flexibility index (Phi) is 6.45. The molecule has 1 fully saturated rings. The number of thioether (sulfide) groups is 1. The van der Waals surface area contributed by atoms with E-state index in [1.54, 1.807) is 7.11 Å². The zero-order valence-electron chi connectivity index (χ0n) is 17.0. The smallest absolute Gasteiger partial charge is 0.404 e. The Labute approximate surface area is 181 Å². The summed E-state index contributed by atoms with van der Waals surface area (Å²) in [7, 11) is 1.72. The Morgan fingerprint density at radius 2 is 1.97 bits per heavy atom. The number of rotatable bonds is 7. The molecule has 1 aliphatic heterocycles. The summed E-state index contributed by atoms with van der Waals surface area (Å²) in [5.74, 6) is 1.74. The second-order valence-corrected chi connectivity index (χ2v) is 8.55. The number of ether oxygens (including phenoxy) is 1. The van der Waals surface area contributed by atoms with Crippen LogP contribution < -0.4 is 10.1 Å². The molecule has 0 spiro atoms. The van der Waals surface area contributed by atoms with Gasteiger partial charge in [-0.25, -0.2) is 4.79 Å². The lowest BCUT2D eigenvalue weighted by molar-refractivity contribution is 0.189. The first-order valence-corrected chi connectivity index (χ1v) is 11.1. The van der Waals surface area contributed by atoms with Crippen LogP contribution in [0, 0.1) is 0 Å². The summed E-state index contributed by atoms with van der Waals surface area (Å²) in [6, 6.07) is 21.1. The van der Waals surface area contributed by atoms with Crippen molar-refractivity contribution in [2.75, 3.05) is 20.2 Å². The Balaban J connectivity index is 1.49. The second kappa shape index (κ2) is 9.41. The van der Waals surface area contributed by atoms with Gasteiger partial charge in [-0.3, -0.25) is 4.90 Å². The van der Waals surface area contributed by atoms with E-state index >= 15 is 0 Å². The summed E-state index contributed by atoms with van der Waals surface area (Å²) in [6.07, 6.45) is -0.0868. The number of likely N-dealkylation sites (tertiary alicyclic amines) is 1. The second-order valence-electron chi connectivity index (χ2n) is 7.53. The van der Waals surface area contributed by atoms with Crippen LogP contribution in [-0.2, 0) is 12.3 Å². The van der Waals surface area contributed by atoms with E-state index in [0.29, 0.717) is 0 Å². The van der Waals surface area contributed by atoms with Crippen LogP contribution in [0.4, 0.5) is 4.79 Å². The Hall–Kier alpha value is -2.70. The number of hydrogen-bond donors (Lipinski definition) is 2. The minimum absolute atomic E-state index is 0.0160. The lowest BCUT2D eigenvalue weighted by Gasteiger charge is -2.19. The number of carbonyl (C=O) groups is 1.